The van der Waals surface area contributed by atoms with Crippen molar-refractivity contribution in [3.63, 3.8) is 0 Å². The average Bonchev–Trinajstić information content (AvgIpc) is 2.14. The van der Waals surface area contributed by atoms with Crippen LogP contribution in [0.2, 0.25) is 0 Å². The van der Waals surface area contributed by atoms with Gasteiger partial charge in [0.25, 0.3) is 0 Å². The van der Waals surface area contributed by atoms with Crippen molar-refractivity contribution in [2.45, 2.75) is 12.4 Å². The Hall–Kier alpha value is -0.380. The van der Waals surface area contributed by atoms with Crippen molar-refractivity contribution >= 4 is 0 Å². The second kappa shape index (κ2) is 2.26. The number of ether oxygens (including phenoxy) is 1. The molecule has 2 atom stereocenters. The highest BCUT2D eigenvalue weighted by atomic mass is 16.6. The SMILES string of the molecule is OC[C@@H]1C=CC(O)O1. The fourth-order valence-electron chi connectivity index (χ4n) is 0.593. The number of hydrogen-bond acceptors (Lipinski definition) is 3. The molecule has 1 aliphatic heterocycles. The lowest BCUT2D eigenvalue weighted by Crippen LogP contribution is -2.14. The van der Waals surface area contributed by atoms with Gasteiger partial charge in [-0.3, -0.25) is 0 Å². The minimum absolute atomic E-state index is 0.0619. The van der Waals surface area contributed by atoms with Crippen LogP contribution in [0.5, 0.6) is 0 Å². The third-order valence-corrected chi connectivity index (χ3v) is 0.985. The molecule has 0 saturated carbocycles. The molecule has 0 fully saturated rings. The summed E-state index contributed by atoms with van der Waals surface area (Å²) in [6, 6.07) is 0. The summed E-state index contributed by atoms with van der Waals surface area (Å²) in [5.74, 6) is 0. The van der Waals surface area contributed by atoms with Gasteiger partial charge in [-0.15, -0.1) is 0 Å². The van der Waals surface area contributed by atoms with E-state index in [0.29, 0.717) is 0 Å². The topological polar surface area (TPSA) is 49.7 Å². The van der Waals surface area contributed by atoms with E-state index in [0.717, 1.165) is 0 Å². The van der Waals surface area contributed by atoms with E-state index < -0.39 is 6.29 Å². The van der Waals surface area contributed by atoms with Crippen LogP contribution >= 0.6 is 0 Å². The first-order valence-corrected chi connectivity index (χ1v) is 2.45. The zero-order valence-electron chi connectivity index (χ0n) is 4.32. The summed E-state index contributed by atoms with van der Waals surface area (Å²) in [6.07, 6.45) is 2.02. The molecule has 0 amide bonds. The Bertz CT molecular complexity index is 99.8. The molecule has 0 aromatic carbocycles. The van der Waals surface area contributed by atoms with E-state index in [1.165, 1.54) is 6.08 Å². The lowest BCUT2D eigenvalue weighted by Gasteiger charge is -2.04. The molecule has 0 radical (unpaired) electrons. The quantitative estimate of drug-likeness (QED) is 0.443. The van der Waals surface area contributed by atoms with Crippen molar-refractivity contribution in [1.29, 1.82) is 0 Å². The molecule has 3 heteroatoms. The van der Waals surface area contributed by atoms with Gasteiger partial charge >= 0.3 is 0 Å². The van der Waals surface area contributed by atoms with E-state index in [-0.39, 0.29) is 12.7 Å². The predicted octanol–water partition coefficient (Wildman–Crippen LogP) is -0.748. The first-order valence-electron chi connectivity index (χ1n) is 2.45. The van der Waals surface area contributed by atoms with E-state index >= 15 is 0 Å². The molecule has 1 heterocycles. The van der Waals surface area contributed by atoms with Gasteiger partial charge in [-0.05, 0) is 6.08 Å². The summed E-state index contributed by atoms with van der Waals surface area (Å²) in [6.45, 7) is -0.0619. The highest BCUT2D eigenvalue weighted by Gasteiger charge is 2.14. The van der Waals surface area contributed by atoms with Crippen LogP contribution in [0, 0.1) is 0 Å². The molecule has 0 bridgehead atoms. The second-order valence-electron chi connectivity index (χ2n) is 1.63. The van der Waals surface area contributed by atoms with Gasteiger partial charge in [0.1, 0.15) is 6.10 Å². The van der Waals surface area contributed by atoms with Crippen LogP contribution in [0.15, 0.2) is 12.2 Å². The Labute approximate surface area is 47.2 Å². The molecule has 1 unspecified atom stereocenters. The van der Waals surface area contributed by atoms with Crippen molar-refractivity contribution in [3.05, 3.63) is 12.2 Å². The molecule has 0 spiro atoms. The summed E-state index contributed by atoms with van der Waals surface area (Å²) < 4.78 is 4.70. The highest BCUT2D eigenvalue weighted by Crippen LogP contribution is 2.06. The monoisotopic (exact) mass is 116 g/mol. The largest absolute Gasteiger partial charge is 0.393 e. The maximum Gasteiger partial charge on any atom is 0.175 e. The van der Waals surface area contributed by atoms with Crippen molar-refractivity contribution < 1.29 is 14.9 Å². The van der Waals surface area contributed by atoms with Crippen LogP contribution in [0.3, 0.4) is 0 Å². The van der Waals surface area contributed by atoms with Gasteiger partial charge in [0, 0.05) is 0 Å². The Morgan fingerprint density at radius 3 is 2.50 bits per heavy atom. The molecule has 1 aliphatic rings. The van der Waals surface area contributed by atoms with Gasteiger partial charge < -0.3 is 14.9 Å². The molecule has 8 heavy (non-hydrogen) atoms. The van der Waals surface area contributed by atoms with E-state index in [4.69, 9.17) is 14.9 Å². The summed E-state index contributed by atoms with van der Waals surface area (Å²) in [7, 11) is 0. The minimum atomic E-state index is -0.813. The van der Waals surface area contributed by atoms with Crippen molar-refractivity contribution in [2.24, 2.45) is 0 Å². The summed E-state index contributed by atoms with van der Waals surface area (Å²) >= 11 is 0. The van der Waals surface area contributed by atoms with Crippen LogP contribution < -0.4 is 0 Å². The molecule has 0 aromatic heterocycles. The summed E-state index contributed by atoms with van der Waals surface area (Å²) in [5.41, 5.74) is 0. The van der Waals surface area contributed by atoms with E-state index in [2.05, 4.69) is 0 Å². The maximum absolute atomic E-state index is 8.61. The fourth-order valence-corrected chi connectivity index (χ4v) is 0.593. The van der Waals surface area contributed by atoms with Crippen LogP contribution in [0.1, 0.15) is 0 Å². The molecule has 0 aliphatic carbocycles. The zero-order chi connectivity index (χ0) is 5.98. The average molecular weight is 116 g/mol. The van der Waals surface area contributed by atoms with Gasteiger partial charge in [-0.25, -0.2) is 0 Å². The van der Waals surface area contributed by atoms with Gasteiger partial charge in [0.2, 0.25) is 0 Å². The minimum Gasteiger partial charge on any atom is -0.393 e. The number of aliphatic hydroxyl groups excluding tert-OH is 2. The maximum atomic E-state index is 8.61. The van der Waals surface area contributed by atoms with Gasteiger partial charge in [0.05, 0.1) is 6.61 Å². The highest BCUT2D eigenvalue weighted by molar-refractivity contribution is 4.97. The van der Waals surface area contributed by atoms with E-state index in [9.17, 15) is 0 Å². The molecule has 2 N–H and O–H groups in total. The van der Waals surface area contributed by atoms with Gasteiger partial charge in [-0.1, -0.05) is 6.08 Å². The van der Waals surface area contributed by atoms with Crippen LogP contribution in [-0.2, 0) is 4.74 Å². The van der Waals surface area contributed by atoms with Crippen LogP contribution in [0.4, 0.5) is 0 Å². The molecule has 0 saturated heterocycles. The lowest BCUT2D eigenvalue weighted by atomic mass is 10.4. The Kier molecular flexibility index (Phi) is 1.62. The first-order chi connectivity index (χ1) is 3.83. The number of rotatable bonds is 1. The third kappa shape index (κ3) is 1.06. The third-order valence-electron chi connectivity index (χ3n) is 0.985. The zero-order valence-corrected chi connectivity index (χ0v) is 4.32. The Morgan fingerprint density at radius 1 is 1.50 bits per heavy atom. The van der Waals surface area contributed by atoms with Crippen molar-refractivity contribution in [3.8, 4) is 0 Å². The molecule has 0 aromatic rings. The first kappa shape index (κ1) is 5.75. The molecule has 3 nitrogen and oxygen atoms in total. The van der Waals surface area contributed by atoms with E-state index in [1.54, 1.807) is 6.08 Å². The van der Waals surface area contributed by atoms with Crippen molar-refractivity contribution in [2.75, 3.05) is 6.61 Å². The molecule has 46 valence electrons. The standard InChI is InChI=1S/C5H8O3/c6-3-4-1-2-5(7)8-4/h1-2,4-7H,3H2/t4-,5?/m0/s1. The number of aliphatic hydroxyl groups is 2. The molecular formula is C5H8O3. The molecule has 1 rings (SSSR count). The van der Waals surface area contributed by atoms with Gasteiger partial charge in [-0.2, -0.15) is 0 Å². The van der Waals surface area contributed by atoms with Crippen LogP contribution in [0.25, 0.3) is 0 Å². The predicted molar refractivity (Wildman–Crippen MR) is 27.1 cm³/mol. The van der Waals surface area contributed by atoms with Crippen molar-refractivity contribution in [1.82, 2.24) is 0 Å². The Morgan fingerprint density at radius 2 is 2.25 bits per heavy atom. The van der Waals surface area contributed by atoms with E-state index in [1.807, 2.05) is 0 Å². The normalized spacial score (nSPS) is 36.2. The summed E-state index contributed by atoms with van der Waals surface area (Å²) in [4.78, 5) is 0. The van der Waals surface area contributed by atoms with Crippen LogP contribution in [-0.4, -0.2) is 29.2 Å². The second-order valence-corrected chi connectivity index (χ2v) is 1.63. The number of hydrogen-bond donors (Lipinski definition) is 2. The molecular weight excluding hydrogens is 108 g/mol. The summed E-state index contributed by atoms with van der Waals surface area (Å²) in [5, 5.41) is 17.0. The Balaban J connectivity index is 2.34. The fraction of sp³-hybridized carbons (Fsp3) is 0.600. The smallest absolute Gasteiger partial charge is 0.175 e. The lowest BCUT2D eigenvalue weighted by molar-refractivity contribution is -0.0857. The van der Waals surface area contributed by atoms with Gasteiger partial charge in [0.15, 0.2) is 6.29 Å².